The molecule has 0 radical (unpaired) electrons. The highest BCUT2D eigenvalue weighted by Gasteiger charge is 2.14. The van der Waals surface area contributed by atoms with Gasteiger partial charge in [0.25, 0.3) is 0 Å². The third-order valence-corrected chi connectivity index (χ3v) is 3.38. The van der Waals surface area contributed by atoms with E-state index in [0.29, 0.717) is 5.15 Å². The number of hydrogen-bond acceptors (Lipinski definition) is 2. The number of fused-ring (bicyclic) bond motifs is 3. The number of aromatic nitrogens is 2. The van der Waals surface area contributed by atoms with Crippen molar-refractivity contribution in [3.05, 3.63) is 34.7 Å². The van der Waals surface area contributed by atoms with Crippen molar-refractivity contribution in [3.8, 4) is 0 Å². The number of aryl methyl sites for hydroxylation is 2. The lowest BCUT2D eigenvalue weighted by atomic mass is 9.90. The third kappa shape index (κ3) is 1.40. The second-order valence-corrected chi connectivity index (χ2v) is 4.33. The molecular weight excluding hydrogens is 208 g/mol. The van der Waals surface area contributed by atoms with Crippen molar-refractivity contribution in [2.75, 3.05) is 0 Å². The Bertz CT molecular complexity index is 522. The van der Waals surface area contributed by atoms with Crippen molar-refractivity contribution in [3.63, 3.8) is 0 Å². The molecule has 0 unspecified atom stereocenters. The summed E-state index contributed by atoms with van der Waals surface area (Å²) in [6.45, 7) is 0. The van der Waals surface area contributed by atoms with Gasteiger partial charge in [-0.1, -0.05) is 17.7 Å². The van der Waals surface area contributed by atoms with Crippen molar-refractivity contribution in [1.29, 1.82) is 0 Å². The molecule has 0 N–H and O–H groups in total. The van der Waals surface area contributed by atoms with Gasteiger partial charge in [-0.05, 0) is 42.9 Å². The molecule has 1 aliphatic rings. The Hall–Kier alpha value is -1.15. The Morgan fingerprint density at radius 1 is 1.07 bits per heavy atom. The summed E-state index contributed by atoms with van der Waals surface area (Å²) in [7, 11) is 0. The number of nitrogens with zero attached hydrogens (tertiary/aromatic N) is 2. The van der Waals surface area contributed by atoms with Crippen LogP contribution >= 0.6 is 11.6 Å². The predicted octanol–water partition coefficient (Wildman–Crippen LogP) is 3.16. The van der Waals surface area contributed by atoms with E-state index in [1.807, 2.05) is 6.07 Å². The summed E-state index contributed by atoms with van der Waals surface area (Å²) in [5, 5.41) is 1.55. The SMILES string of the molecule is Clc1ncnc2c3c(ccc12)CCCC3. The molecule has 0 atom stereocenters. The predicted molar refractivity (Wildman–Crippen MR) is 61.2 cm³/mol. The lowest BCUT2D eigenvalue weighted by Crippen LogP contribution is -2.04. The average Bonchev–Trinajstić information content (AvgIpc) is 2.29. The fourth-order valence-electron chi connectivity index (χ4n) is 2.33. The molecule has 0 aliphatic heterocycles. The van der Waals surface area contributed by atoms with Gasteiger partial charge in [0, 0.05) is 5.39 Å². The molecule has 0 amide bonds. The van der Waals surface area contributed by atoms with Gasteiger partial charge in [-0.15, -0.1) is 0 Å². The van der Waals surface area contributed by atoms with Gasteiger partial charge < -0.3 is 0 Å². The summed E-state index contributed by atoms with van der Waals surface area (Å²) in [4.78, 5) is 8.37. The molecule has 3 rings (SSSR count). The van der Waals surface area contributed by atoms with Crippen molar-refractivity contribution < 1.29 is 0 Å². The first-order valence-corrected chi connectivity index (χ1v) is 5.65. The molecule has 1 heterocycles. The van der Waals surface area contributed by atoms with Crippen LogP contribution in [0.1, 0.15) is 24.0 Å². The Balaban J connectivity index is 2.36. The summed E-state index contributed by atoms with van der Waals surface area (Å²) in [5.74, 6) is 0. The summed E-state index contributed by atoms with van der Waals surface area (Å²) in [6.07, 6.45) is 6.40. The van der Waals surface area contributed by atoms with E-state index in [1.165, 1.54) is 30.4 Å². The molecule has 0 spiro atoms. The number of benzene rings is 1. The van der Waals surface area contributed by atoms with Gasteiger partial charge >= 0.3 is 0 Å². The molecule has 0 fully saturated rings. The molecule has 1 aromatic heterocycles. The average molecular weight is 219 g/mol. The van der Waals surface area contributed by atoms with Crippen molar-refractivity contribution in [2.45, 2.75) is 25.7 Å². The smallest absolute Gasteiger partial charge is 0.140 e. The second kappa shape index (κ2) is 3.46. The van der Waals surface area contributed by atoms with Crippen molar-refractivity contribution >= 4 is 22.5 Å². The lowest BCUT2D eigenvalue weighted by molar-refractivity contribution is 0.689. The zero-order chi connectivity index (χ0) is 10.3. The van der Waals surface area contributed by atoms with E-state index in [1.54, 1.807) is 6.33 Å². The zero-order valence-corrected chi connectivity index (χ0v) is 9.09. The monoisotopic (exact) mass is 218 g/mol. The van der Waals surface area contributed by atoms with Gasteiger partial charge in [0.1, 0.15) is 11.5 Å². The van der Waals surface area contributed by atoms with E-state index < -0.39 is 0 Å². The minimum Gasteiger partial charge on any atom is -0.236 e. The highest BCUT2D eigenvalue weighted by molar-refractivity contribution is 6.34. The van der Waals surface area contributed by atoms with Gasteiger partial charge in [-0.25, -0.2) is 9.97 Å². The fourth-order valence-corrected chi connectivity index (χ4v) is 2.53. The maximum absolute atomic E-state index is 6.05. The van der Waals surface area contributed by atoms with Crippen LogP contribution in [0.2, 0.25) is 5.15 Å². The number of hydrogen-bond donors (Lipinski definition) is 0. The maximum Gasteiger partial charge on any atom is 0.140 e. The summed E-state index contributed by atoms with van der Waals surface area (Å²) in [5.41, 5.74) is 3.86. The summed E-state index contributed by atoms with van der Waals surface area (Å²) >= 11 is 6.05. The maximum atomic E-state index is 6.05. The van der Waals surface area contributed by atoms with Gasteiger partial charge in [0.05, 0.1) is 5.52 Å². The van der Waals surface area contributed by atoms with Gasteiger partial charge in [-0.3, -0.25) is 0 Å². The third-order valence-electron chi connectivity index (χ3n) is 3.08. The molecule has 1 aliphatic carbocycles. The van der Waals surface area contributed by atoms with Crippen LogP contribution in [-0.2, 0) is 12.8 Å². The van der Waals surface area contributed by atoms with Crippen LogP contribution < -0.4 is 0 Å². The van der Waals surface area contributed by atoms with E-state index in [-0.39, 0.29) is 0 Å². The number of rotatable bonds is 0. The Morgan fingerprint density at radius 2 is 1.93 bits per heavy atom. The first-order valence-electron chi connectivity index (χ1n) is 5.27. The Kier molecular flexibility index (Phi) is 2.10. The minimum atomic E-state index is 0.563. The van der Waals surface area contributed by atoms with Crippen LogP contribution in [0.25, 0.3) is 10.9 Å². The lowest BCUT2D eigenvalue weighted by Gasteiger charge is -2.16. The van der Waals surface area contributed by atoms with E-state index >= 15 is 0 Å². The van der Waals surface area contributed by atoms with Crippen LogP contribution in [0.4, 0.5) is 0 Å². The van der Waals surface area contributed by atoms with Gasteiger partial charge in [0.15, 0.2) is 0 Å². The largest absolute Gasteiger partial charge is 0.236 e. The number of halogens is 1. The van der Waals surface area contributed by atoms with Crippen molar-refractivity contribution in [1.82, 2.24) is 9.97 Å². The van der Waals surface area contributed by atoms with E-state index in [9.17, 15) is 0 Å². The molecule has 1 aromatic carbocycles. The highest BCUT2D eigenvalue weighted by atomic mass is 35.5. The van der Waals surface area contributed by atoms with Gasteiger partial charge in [-0.2, -0.15) is 0 Å². The van der Waals surface area contributed by atoms with E-state index in [0.717, 1.165) is 17.3 Å². The molecule has 0 saturated heterocycles. The zero-order valence-electron chi connectivity index (χ0n) is 8.33. The minimum absolute atomic E-state index is 0.563. The molecule has 76 valence electrons. The normalized spacial score (nSPS) is 15.3. The highest BCUT2D eigenvalue weighted by Crippen LogP contribution is 2.29. The first-order chi connectivity index (χ1) is 7.36. The second-order valence-electron chi connectivity index (χ2n) is 3.97. The Labute approximate surface area is 93.3 Å². The molecular formula is C12H11ClN2. The standard InChI is InChI=1S/C12H11ClN2/c13-12-10-6-5-8-3-1-2-4-9(8)11(10)14-7-15-12/h5-7H,1-4H2. The quantitative estimate of drug-likeness (QED) is 0.635. The van der Waals surface area contributed by atoms with Crippen LogP contribution in [-0.4, -0.2) is 9.97 Å². The first kappa shape index (κ1) is 9.10. The molecule has 2 nitrogen and oxygen atoms in total. The van der Waals surface area contributed by atoms with E-state index in [2.05, 4.69) is 16.0 Å². The van der Waals surface area contributed by atoms with Crippen LogP contribution in [0.3, 0.4) is 0 Å². The van der Waals surface area contributed by atoms with Crippen LogP contribution in [0, 0.1) is 0 Å². The topological polar surface area (TPSA) is 25.8 Å². The van der Waals surface area contributed by atoms with Crippen molar-refractivity contribution in [2.24, 2.45) is 0 Å². The van der Waals surface area contributed by atoms with Crippen LogP contribution in [0.5, 0.6) is 0 Å². The Morgan fingerprint density at radius 3 is 2.87 bits per heavy atom. The molecule has 3 heteroatoms. The summed E-state index contributed by atoms with van der Waals surface area (Å²) in [6, 6.07) is 4.22. The van der Waals surface area contributed by atoms with E-state index in [4.69, 9.17) is 11.6 Å². The molecule has 0 bridgehead atoms. The van der Waals surface area contributed by atoms with Crippen LogP contribution in [0.15, 0.2) is 18.5 Å². The molecule has 0 saturated carbocycles. The molecule has 15 heavy (non-hydrogen) atoms. The summed E-state index contributed by atoms with van der Waals surface area (Å²) < 4.78 is 0. The van der Waals surface area contributed by atoms with Gasteiger partial charge in [0.2, 0.25) is 0 Å². The molecule has 2 aromatic rings. The fraction of sp³-hybridized carbons (Fsp3) is 0.333.